The molecule has 4 heteroatoms. The molecule has 1 aliphatic carbocycles. The Balaban J connectivity index is 2.00. The lowest BCUT2D eigenvalue weighted by molar-refractivity contribution is -0.144. The van der Waals surface area contributed by atoms with Crippen molar-refractivity contribution in [3.8, 4) is 0 Å². The van der Waals surface area contributed by atoms with Crippen LogP contribution in [0.1, 0.15) is 39.0 Å². The maximum atomic E-state index is 12.1. The fraction of sp³-hybridized carbons (Fsp3) is 0.917. The minimum atomic E-state index is -0.265. The standard InChI is InChI=1S/C12H20O2S2/c1-2-14-11(13)12(9-10-5-3-6-10)15-7-4-8-16-12/h10H,2-9H2,1H3. The van der Waals surface area contributed by atoms with E-state index < -0.39 is 0 Å². The topological polar surface area (TPSA) is 26.3 Å². The van der Waals surface area contributed by atoms with Crippen LogP contribution in [0.3, 0.4) is 0 Å². The Labute approximate surface area is 106 Å². The maximum absolute atomic E-state index is 12.1. The van der Waals surface area contributed by atoms with Gasteiger partial charge in [0.2, 0.25) is 0 Å². The molecule has 0 atom stereocenters. The molecule has 0 aromatic carbocycles. The van der Waals surface area contributed by atoms with E-state index in [4.69, 9.17) is 4.74 Å². The van der Waals surface area contributed by atoms with E-state index in [1.807, 2.05) is 30.4 Å². The highest BCUT2D eigenvalue weighted by Gasteiger charge is 2.45. The van der Waals surface area contributed by atoms with Gasteiger partial charge in [-0.1, -0.05) is 19.3 Å². The number of carbonyl (C=O) groups is 1. The first kappa shape index (κ1) is 12.6. The van der Waals surface area contributed by atoms with Crippen molar-refractivity contribution in [2.45, 2.75) is 43.1 Å². The fourth-order valence-electron chi connectivity index (χ4n) is 2.21. The third-order valence-corrected chi connectivity index (χ3v) is 6.62. The summed E-state index contributed by atoms with van der Waals surface area (Å²) in [7, 11) is 0. The second-order valence-corrected chi connectivity index (χ2v) is 7.57. The summed E-state index contributed by atoms with van der Waals surface area (Å²) in [6, 6.07) is 0. The van der Waals surface area contributed by atoms with Crippen LogP contribution in [0.15, 0.2) is 0 Å². The molecule has 16 heavy (non-hydrogen) atoms. The average Bonchev–Trinajstić information content (AvgIpc) is 2.25. The van der Waals surface area contributed by atoms with Gasteiger partial charge in [-0.3, -0.25) is 0 Å². The number of ether oxygens (including phenoxy) is 1. The van der Waals surface area contributed by atoms with Crippen LogP contribution in [0.5, 0.6) is 0 Å². The monoisotopic (exact) mass is 260 g/mol. The number of carbonyl (C=O) groups excluding carboxylic acids is 1. The zero-order valence-electron chi connectivity index (χ0n) is 9.87. The first-order valence-electron chi connectivity index (χ1n) is 6.22. The summed E-state index contributed by atoms with van der Waals surface area (Å²) in [5, 5.41) is 0. The van der Waals surface area contributed by atoms with Crippen molar-refractivity contribution in [3.05, 3.63) is 0 Å². The van der Waals surface area contributed by atoms with Gasteiger partial charge in [0.1, 0.15) is 0 Å². The van der Waals surface area contributed by atoms with E-state index in [0.717, 1.165) is 23.8 Å². The van der Waals surface area contributed by atoms with Crippen molar-refractivity contribution in [3.63, 3.8) is 0 Å². The van der Waals surface area contributed by atoms with Gasteiger partial charge in [-0.25, -0.2) is 4.79 Å². The smallest absolute Gasteiger partial charge is 0.332 e. The van der Waals surface area contributed by atoms with E-state index in [9.17, 15) is 4.79 Å². The van der Waals surface area contributed by atoms with Gasteiger partial charge in [-0.15, -0.1) is 23.5 Å². The van der Waals surface area contributed by atoms with Crippen molar-refractivity contribution in [2.24, 2.45) is 5.92 Å². The van der Waals surface area contributed by atoms with Crippen LogP contribution in [0.2, 0.25) is 0 Å². The summed E-state index contributed by atoms with van der Waals surface area (Å²) in [4.78, 5) is 12.1. The minimum Gasteiger partial charge on any atom is -0.464 e. The van der Waals surface area contributed by atoms with Crippen LogP contribution in [-0.4, -0.2) is 28.2 Å². The zero-order chi connectivity index (χ0) is 11.4. The second kappa shape index (κ2) is 5.67. The van der Waals surface area contributed by atoms with Gasteiger partial charge in [0.25, 0.3) is 0 Å². The molecule has 0 amide bonds. The van der Waals surface area contributed by atoms with Crippen LogP contribution in [0.4, 0.5) is 0 Å². The summed E-state index contributed by atoms with van der Waals surface area (Å²) >= 11 is 3.65. The predicted molar refractivity (Wildman–Crippen MR) is 70.9 cm³/mol. The summed E-state index contributed by atoms with van der Waals surface area (Å²) in [5.41, 5.74) is 0. The van der Waals surface area contributed by atoms with Gasteiger partial charge in [-0.2, -0.15) is 0 Å². The molecule has 2 aliphatic rings. The lowest BCUT2D eigenvalue weighted by Gasteiger charge is -2.38. The lowest BCUT2D eigenvalue weighted by Crippen LogP contribution is -2.39. The van der Waals surface area contributed by atoms with Crippen molar-refractivity contribution in [1.82, 2.24) is 0 Å². The molecule has 1 saturated carbocycles. The molecule has 0 N–H and O–H groups in total. The minimum absolute atomic E-state index is 0.0246. The van der Waals surface area contributed by atoms with Crippen molar-refractivity contribution in [1.29, 1.82) is 0 Å². The number of rotatable bonds is 4. The van der Waals surface area contributed by atoms with E-state index in [1.54, 1.807) is 0 Å². The molecule has 0 aromatic rings. The number of hydrogen-bond acceptors (Lipinski definition) is 4. The van der Waals surface area contributed by atoms with Gasteiger partial charge >= 0.3 is 5.97 Å². The molecule has 1 heterocycles. The fourth-order valence-corrected chi connectivity index (χ4v) is 5.53. The molecule has 92 valence electrons. The van der Waals surface area contributed by atoms with E-state index >= 15 is 0 Å². The van der Waals surface area contributed by atoms with Gasteiger partial charge in [0.15, 0.2) is 4.08 Å². The molecule has 2 fully saturated rings. The van der Waals surface area contributed by atoms with Crippen molar-refractivity contribution < 1.29 is 9.53 Å². The average molecular weight is 260 g/mol. The molecule has 0 aromatic heterocycles. The highest BCUT2D eigenvalue weighted by atomic mass is 32.2. The van der Waals surface area contributed by atoms with Gasteiger partial charge in [-0.05, 0) is 37.2 Å². The van der Waals surface area contributed by atoms with Crippen LogP contribution in [0.25, 0.3) is 0 Å². The molecule has 0 unspecified atom stereocenters. The molecular formula is C12H20O2S2. The van der Waals surface area contributed by atoms with Gasteiger partial charge in [0, 0.05) is 0 Å². The maximum Gasteiger partial charge on any atom is 0.332 e. The second-order valence-electron chi connectivity index (χ2n) is 4.52. The van der Waals surface area contributed by atoms with Gasteiger partial charge in [0.05, 0.1) is 6.61 Å². The highest BCUT2D eigenvalue weighted by molar-refractivity contribution is 8.19. The predicted octanol–water partition coefficient (Wildman–Crippen LogP) is 3.31. The van der Waals surface area contributed by atoms with Crippen molar-refractivity contribution >= 4 is 29.5 Å². The van der Waals surface area contributed by atoms with E-state index in [0.29, 0.717) is 6.61 Å². The van der Waals surface area contributed by atoms with E-state index in [2.05, 4.69) is 0 Å². The van der Waals surface area contributed by atoms with Crippen molar-refractivity contribution in [2.75, 3.05) is 18.1 Å². The highest BCUT2D eigenvalue weighted by Crippen LogP contribution is 2.50. The molecule has 1 aliphatic heterocycles. The molecule has 2 nitrogen and oxygen atoms in total. The third-order valence-electron chi connectivity index (χ3n) is 3.33. The summed E-state index contributed by atoms with van der Waals surface area (Å²) < 4.78 is 5.01. The van der Waals surface area contributed by atoms with E-state index in [1.165, 1.54) is 25.7 Å². The first-order chi connectivity index (χ1) is 7.77. The normalized spacial score (nSPS) is 24.8. The van der Waals surface area contributed by atoms with Crippen LogP contribution in [0, 0.1) is 5.92 Å². The molecule has 2 rings (SSSR count). The number of hydrogen-bond donors (Lipinski definition) is 0. The Morgan fingerprint density at radius 3 is 2.50 bits per heavy atom. The lowest BCUT2D eigenvalue weighted by atomic mass is 9.82. The number of esters is 1. The molecule has 0 bridgehead atoms. The Hall–Kier alpha value is 0.170. The molecule has 1 saturated heterocycles. The van der Waals surface area contributed by atoms with Crippen LogP contribution >= 0.6 is 23.5 Å². The summed E-state index contributed by atoms with van der Waals surface area (Å²) in [6.07, 6.45) is 6.21. The molecule has 0 spiro atoms. The molecule has 0 radical (unpaired) electrons. The Bertz CT molecular complexity index is 245. The number of thioether (sulfide) groups is 2. The van der Waals surface area contributed by atoms with Crippen LogP contribution in [-0.2, 0) is 9.53 Å². The summed E-state index contributed by atoms with van der Waals surface area (Å²) in [5.74, 6) is 3.01. The molecular weight excluding hydrogens is 240 g/mol. The first-order valence-corrected chi connectivity index (χ1v) is 8.19. The SMILES string of the molecule is CCOC(=O)C1(CC2CCC2)SCCCS1. The third kappa shape index (κ3) is 2.70. The Morgan fingerprint density at radius 1 is 1.31 bits per heavy atom. The zero-order valence-corrected chi connectivity index (χ0v) is 11.5. The van der Waals surface area contributed by atoms with E-state index in [-0.39, 0.29) is 10.0 Å². The van der Waals surface area contributed by atoms with Gasteiger partial charge < -0.3 is 4.74 Å². The Kier molecular flexibility index (Phi) is 4.48. The Morgan fingerprint density at radius 2 is 2.00 bits per heavy atom. The largest absolute Gasteiger partial charge is 0.464 e. The van der Waals surface area contributed by atoms with Crippen LogP contribution < -0.4 is 0 Å². The summed E-state index contributed by atoms with van der Waals surface area (Å²) in [6.45, 7) is 2.40. The quantitative estimate of drug-likeness (QED) is 0.725.